The Morgan fingerprint density at radius 3 is 3.05 bits per heavy atom. The van der Waals surface area contributed by atoms with Crippen molar-refractivity contribution >= 4 is 40.6 Å². The maximum atomic E-state index is 12.1. The highest BCUT2D eigenvalue weighted by Gasteiger charge is 2.31. The van der Waals surface area contributed by atoms with E-state index in [1.165, 1.54) is 0 Å². The van der Waals surface area contributed by atoms with Gasteiger partial charge in [0.15, 0.2) is 5.75 Å². The SMILES string of the molecule is COc1ccccc1SC[C@H]1SCCN1C(=O)C[S@+](C)[O-]. The van der Waals surface area contributed by atoms with E-state index in [0.29, 0.717) is 0 Å². The molecule has 1 aromatic rings. The van der Waals surface area contributed by atoms with Crippen molar-refractivity contribution in [3.05, 3.63) is 24.3 Å². The Bertz CT molecular complexity index is 484. The molecule has 1 amide bonds. The second kappa shape index (κ2) is 8.22. The van der Waals surface area contributed by atoms with E-state index >= 15 is 0 Å². The van der Waals surface area contributed by atoms with E-state index in [1.807, 2.05) is 29.2 Å². The normalized spacial score (nSPS) is 19.6. The van der Waals surface area contributed by atoms with Gasteiger partial charge in [0, 0.05) is 22.9 Å². The molecule has 0 unspecified atom stereocenters. The van der Waals surface area contributed by atoms with Gasteiger partial charge in [0.25, 0.3) is 5.91 Å². The van der Waals surface area contributed by atoms with Gasteiger partial charge in [0.1, 0.15) is 5.75 Å². The summed E-state index contributed by atoms with van der Waals surface area (Å²) in [6.07, 6.45) is 1.57. The van der Waals surface area contributed by atoms with Crippen molar-refractivity contribution in [1.29, 1.82) is 0 Å². The van der Waals surface area contributed by atoms with E-state index in [-0.39, 0.29) is 17.0 Å². The quantitative estimate of drug-likeness (QED) is 0.583. The van der Waals surface area contributed by atoms with Gasteiger partial charge < -0.3 is 14.2 Å². The van der Waals surface area contributed by atoms with Gasteiger partial charge in [0.05, 0.1) is 18.7 Å². The Morgan fingerprint density at radius 2 is 2.33 bits per heavy atom. The van der Waals surface area contributed by atoms with E-state index < -0.39 is 11.2 Å². The average molecular weight is 346 g/mol. The van der Waals surface area contributed by atoms with Gasteiger partial charge >= 0.3 is 0 Å². The zero-order valence-electron chi connectivity index (χ0n) is 12.1. The number of hydrogen-bond donors (Lipinski definition) is 0. The van der Waals surface area contributed by atoms with E-state index in [9.17, 15) is 9.35 Å². The molecule has 0 bridgehead atoms. The molecule has 1 aromatic carbocycles. The van der Waals surface area contributed by atoms with Crippen LogP contribution >= 0.6 is 23.5 Å². The summed E-state index contributed by atoms with van der Waals surface area (Å²) in [4.78, 5) is 15.0. The van der Waals surface area contributed by atoms with Gasteiger partial charge in [0.2, 0.25) is 0 Å². The van der Waals surface area contributed by atoms with Crippen LogP contribution in [0.1, 0.15) is 0 Å². The number of nitrogens with zero attached hydrogens (tertiary/aromatic N) is 1. The Morgan fingerprint density at radius 1 is 1.57 bits per heavy atom. The molecule has 116 valence electrons. The van der Waals surface area contributed by atoms with Crippen LogP contribution in [-0.2, 0) is 16.0 Å². The summed E-state index contributed by atoms with van der Waals surface area (Å²) in [5.41, 5.74) is 0. The van der Waals surface area contributed by atoms with Gasteiger partial charge in [-0.2, -0.15) is 0 Å². The van der Waals surface area contributed by atoms with Gasteiger partial charge in [-0.1, -0.05) is 12.1 Å². The van der Waals surface area contributed by atoms with Crippen molar-refractivity contribution in [3.8, 4) is 5.75 Å². The van der Waals surface area contributed by atoms with Crippen LogP contribution in [0.5, 0.6) is 5.75 Å². The molecule has 0 saturated carbocycles. The molecule has 0 spiro atoms. The van der Waals surface area contributed by atoms with Crippen molar-refractivity contribution in [3.63, 3.8) is 0 Å². The largest absolute Gasteiger partial charge is 0.616 e. The van der Waals surface area contributed by atoms with Crippen LogP contribution in [0.3, 0.4) is 0 Å². The van der Waals surface area contributed by atoms with E-state index in [0.717, 1.165) is 28.7 Å². The molecule has 2 rings (SSSR count). The van der Waals surface area contributed by atoms with E-state index in [2.05, 4.69) is 0 Å². The molecule has 4 nitrogen and oxygen atoms in total. The summed E-state index contributed by atoms with van der Waals surface area (Å²) in [5.74, 6) is 2.73. The lowest BCUT2D eigenvalue weighted by Gasteiger charge is -2.23. The lowest BCUT2D eigenvalue weighted by Crippen LogP contribution is -2.39. The van der Waals surface area contributed by atoms with Crippen LogP contribution < -0.4 is 4.74 Å². The molecule has 1 aliphatic heterocycles. The van der Waals surface area contributed by atoms with Gasteiger partial charge in [-0.25, -0.2) is 0 Å². The Kier molecular flexibility index (Phi) is 6.60. The first kappa shape index (κ1) is 16.9. The van der Waals surface area contributed by atoms with Crippen LogP contribution in [-0.4, -0.2) is 57.9 Å². The predicted octanol–water partition coefficient (Wildman–Crippen LogP) is 2.07. The number of amides is 1. The molecule has 0 aromatic heterocycles. The number of hydrogen-bond acceptors (Lipinski definition) is 5. The minimum atomic E-state index is -1.08. The first-order valence-corrected chi connectivity index (χ1v) is 10.3. The van der Waals surface area contributed by atoms with Crippen LogP contribution in [0.15, 0.2) is 29.2 Å². The summed E-state index contributed by atoms with van der Waals surface area (Å²) >= 11 is 2.40. The third-order valence-corrected chi connectivity index (χ3v) is 6.31. The lowest BCUT2D eigenvalue weighted by molar-refractivity contribution is -0.128. The van der Waals surface area contributed by atoms with Crippen LogP contribution in [0.4, 0.5) is 0 Å². The molecule has 21 heavy (non-hydrogen) atoms. The number of ether oxygens (including phenoxy) is 1. The number of carbonyl (C=O) groups excluding carboxylic acids is 1. The van der Waals surface area contributed by atoms with Crippen molar-refractivity contribution in [2.24, 2.45) is 0 Å². The molecular formula is C14H19NO3S3. The molecule has 0 N–H and O–H groups in total. The number of para-hydroxylation sites is 1. The molecule has 1 saturated heterocycles. The fraction of sp³-hybridized carbons (Fsp3) is 0.500. The summed E-state index contributed by atoms with van der Waals surface area (Å²) < 4.78 is 16.6. The van der Waals surface area contributed by atoms with Gasteiger partial charge in [-0.15, -0.1) is 23.5 Å². The summed E-state index contributed by atoms with van der Waals surface area (Å²) in [5, 5.41) is 0.149. The Balaban J connectivity index is 1.94. The number of benzene rings is 1. The minimum absolute atomic E-state index is 0.00791. The fourth-order valence-corrected chi connectivity index (χ4v) is 5.15. The fourth-order valence-electron chi connectivity index (χ4n) is 2.10. The summed E-state index contributed by atoms with van der Waals surface area (Å²) in [6, 6.07) is 7.89. The highest BCUT2D eigenvalue weighted by Crippen LogP contribution is 2.34. The van der Waals surface area contributed by atoms with Gasteiger partial charge in [-0.05, 0) is 23.3 Å². The standard InChI is InChI=1S/C14H19NO3S3/c1-18-11-5-3-4-6-12(11)20-9-14-15(7-8-19-14)13(16)10-21(2)17/h3-6,14H,7-10H2,1-2H3/t14-,21+/m1/s1. The van der Waals surface area contributed by atoms with E-state index in [1.54, 1.807) is 36.9 Å². The molecule has 0 radical (unpaired) electrons. The molecule has 7 heteroatoms. The highest BCUT2D eigenvalue weighted by atomic mass is 32.2. The third kappa shape index (κ3) is 4.74. The summed E-state index contributed by atoms with van der Waals surface area (Å²) in [6.45, 7) is 0.748. The van der Waals surface area contributed by atoms with Crippen LogP contribution in [0.2, 0.25) is 0 Å². The topological polar surface area (TPSA) is 52.6 Å². The first-order chi connectivity index (χ1) is 10.1. The van der Waals surface area contributed by atoms with Crippen LogP contribution in [0.25, 0.3) is 0 Å². The number of carbonyl (C=O) groups is 1. The van der Waals surface area contributed by atoms with E-state index in [4.69, 9.17) is 4.74 Å². The van der Waals surface area contributed by atoms with Crippen molar-refractivity contribution in [1.82, 2.24) is 4.90 Å². The molecule has 1 heterocycles. The maximum absolute atomic E-state index is 12.1. The zero-order chi connectivity index (χ0) is 15.2. The first-order valence-electron chi connectivity index (χ1n) is 6.58. The second-order valence-electron chi connectivity index (χ2n) is 4.59. The highest BCUT2D eigenvalue weighted by molar-refractivity contribution is 8.03. The lowest BCUT2D eigenvalue weighted by atomic mass is 10.3. The molecule has 0 aliphatic carbocycles. The maximum Gasteiger partial charge on any atom is 0.273 e. The molecule has 1 aliphatic rings. The van der Waals surface area contributed by atoms with Crippen molar-refractivity contribution in [2.45, 2.75) is 10.3 Å². The summed E-state index contributed by atoms with van der Waals surface area (Å²) in [7, 11) is 1.66. The van der Waals surface area contributed by atoms with Crippen molar-refractivity contribution in [2.75, 3.05) is 37.2 Å². The third-order valence-electron chi connectivity index (χ3n) is 3.09. The predicted molar refractivity (Wildman–Crippen MR) is 90.6 cm³/mol. The van der Waals surface area contributed by atoms with Crippen molar-refractivity contribution < 1.29 is 14.1 Å². The minimum Gasteiger partial charge on any atom is -0.616 e. The smallest absolute Gasteiger partial charge is 0.273 e. The zero-order valence-corrected chi connectivity index (χ0v) is 14.6. The number of thioether (sulfide) groups is 2. The second-order valence-corrected chi connectivity index (χ2v) is 8.37. The Labute approximate surface area is 137 Å². The average Bonchev–Trinajstić information content (AvgIpc) is 2.93. The van der Waals surface area contributed by atoms with Gasteiger partial charge in [-0.3, -0.25) is 4.79 Å². The molecule has 2 atom stereocenters. The molecular weight excluding hydrogens is 326 g/mol. The number of methoxy groups -OCH3 is 1. The Hall–Kier alpha value is -0.500. The number of rotatable bonds is 6. The monoisotopic (exact) mass is 345 g/mol. The van der Waals surface area contributed by atoms with Crippen LogP contribution in [0, 0.1) is 0 Å². The molecule has 1 fully saturated rings.